The lowest BCUT2D eigenvalue weighted by Gasteiger charge is -2.34. The van der Waals surface area contributed by atoms with Gasteiger partial charge in [0.25, 0.3) is 10.0 Å². The number of anilines is 1. The van der Waals surface area contributed by atoms with Crippen molar-refractivity contribution < 1.29 is 18.0 Å². The molecule has 0 aromatic heterocycles. The van der Waals surface area contributed by atoms with Crippen molar-refractivity contribution >= 4 is 43.5 Å². The molecule has 1 atom stereocenters. The number of hydrogen-bond acceptors (Lipinski definition) is 4. The largest absolute Gasteiger partial charge is 0.352 e. The minimum absolute atomic E-state index is 0.0697. The molecule has 43 heavy (non-hydrogen) atoms. The highest BCUT2D eigenvalue weighted by Gasteiger charge is 2.34. The lowest BCUT2D eigenvalue weighted by Crippen LogP contribution is -2.54. The van der Waals surface area contributed by atoms with Crippen LogP contribution in [-0.4, -0.2) is 43.8 Å². The van der Waals surface area contributed by atoms with Gasteiger partial charge in [0.15, 0.2) is 0 Å². The molecule has 0 bridgehead atoms. The van der Waals surface area contributed by atoms with E-state index in [9.17, 15) is 18.0 Å². The lowest BCUT2D eigenvalue weighted by molar-refractivity contribution is -0.140. The van der Waals surface area contributed by atoms with Gasteiger partial charge in [-0.15, -0.1) is 0 Å². The summed E-state index contributed by atoms with van der Waals surface area (Å²) in [4.78, 5) is 29.7. The van der Waals surface area contributed by atoms with Gasteiger partial charge in [-0.1, -0.05) is 94.3 Å². The summed E-state index contributed by atoms with van der Waals surface area (Å²) in [5, 5.41) is 2.97. The Balaban J connectivity index is 1.79. The van der Waals surface area contributed by atoms with Crippen LogP contribution in [0.5, 0.6) is 0 Å². The van der Waals surface area contributed by atoms with E-state index in [0.717, 1.165) is 25.5 Å². The van der Waals surface area contributed by atoms with Gasteiger partial charge in [-0.05, 0) is 68.3 Å². The normalized spacial score (nSPS) is 12.0. The van der Waals surface area contributed by atoms with Gasteiger partial charge in [0.05, 0.1) is 10.6 Å². The molecule has 0 aliphatic heterocycles. The van der Waals surface area contributed by atoms with Gasteiger partial charge in [-0.25, -0.2) is 8.42 Å². The Hall–Kier alpha value is -3.95. The number of carbonyl (C=O) groups is 2. The number of nitrogens with zero attached hydrogens (tertiary/aromatic N) is 2. The summed E-state index contributed by atoms with van der Waals surface area (Å²) < 4.78 is 29.9. The molecule has 2 amide bonds. The number of hydrogen-bond donors (Lipinski definition) is 1. The van der Waals surface area contributed by atoms with E-state index in [0.29, 0.717) is 5.69 Å². The van der Waals surface area contributed by atoms with Gasteiger partial charge in [0.1, 0.15) is 12.6 Å². The van der Waals surface area contributed by atoms with Crippen LogP contribution in [0.3, 0.4) is 0 Å². The van der Waals surface area contributed by atoms with Crippen LogP contribution in [0.1, 0.15) is 30.5 Å². The highest BCUT2D eigenvalue weighted by atomic mass is 79.9. The van der Waals surface area contributed by atoms with Crippen molar-refractivity contribution in [1.82, 2.24) is 10.2 Å². The summed E-state index contributed by atoms with van der Waals surface area (Å²) in [6.45, 7) is 5.25. The molecule has 1 N–H and O–H groups in total. The molecular formula is C34H36BrN3O4S. The van der Waals surface area contributed by atoms with Gasteiger partial charge < -0.3 is 10.2 Å². The highest BCUT2D eigenvalue weighted by Crippen LogP contribution is 2.26. The summed E-state index contributed by atoms with van der Waals surface area (Å²) in [5.41, 5.74) is 2.99. The van der Waals surface area contributed by atoms with Gasteiger partial charge in [0, 0.05) is 23.5 Å². The molecular weight excluding hydrogens is 626 g/mol. The number of sulfonamides is 1. The fourth-order valence-corrected chi connectivity index (χ4v) is 6.61. The van der Waals surface area contributed by atoms with Crippen LogP contribution in [-0.2, 0) is 32.6 Å². The maximum absolute atomic E-state index is 14.4. The van der Waals surface area contributed by atoms with E-state index < -0.39 is 28.5 Å². The molecule has 0 heterocycles. The third kappa shape index (κ3) is 8.55. The van der Waals surface area contributed by atoms with Crippen LogP contribution in [0.25, 0.3) is 0 Å². The van der Waals surface area contributed by atoms with Crippen LogP contribution >= 0.6 is 15.9 Å². The third-order valence-electron chi connectivity index (χ3n) is 6.88. The van der Waals surface area contributed by atoms with Crippen molar-refractivity contribution in [2.45, 2.75) is 50.7 Å². The fraction of sp³-hybridized carbons (Fsp3) is 0.235. The minimum Gasteiger partial charge on any atom is -0.352 e. The average molecular weight is 663 g/mol. The van der Waals surface area contributed by atoms with E-state index in [2.05, 4.69) is 21.2 Å². The average Bonchev–Trinajstić information content (AvgIpc) is 2.98. The number of rotatable bonds is 12. The maximum Gasteiger partial charge on any atom is 0.264 e. The molecule has 0 radical (unpaired) electrons. The Morgan fingerprint density at radius 2 is 1.42 bits per heavy atom. The quantitative estimate of drug-likeness (QED) is 0.198. The number of benzene rings is 4. The monoisotopic (exact) mass is 661 g/mol. The van der Waals surface area contributed by atoms with Gasteiger partial charge in [-0.2, -0.15) is 0 Å². The second-order valence-electron chi connectivity index (χ2n) is 10.7. The van der Waals surface area contributed by atoms with Crippen LogP contribution in [0.4, 0.5) is 5.69 Å². The van der Waals surface area contributed by atoms with E-state index in [4.69, 9.17) is 0 Å². The molecule has 9 heteroatoms. The topological polar surface area (TPSA) is 86.8 Å². The number of carbonyl (C=O) groups excluding carboxylic acids is 2. The third-order valence-corrected chi connectivity index (χ3v) is 9.16. The van der Waals surface area contributed by atoms with E-state index in [1.54, 1.807) is 42.5 Å². The van der Waals surface area contributed by atoms with Crippen molar-refractivity contribution in [1.29, 1.82) is 0 Å². The fourth-order valence-electron chi connectivity index (χ4n) is 4.73. The first kappa shape index (κ1) is 32.0. The van der Waals surface area contributed by atoms with Gasteiger partial charge in [0.2, 0.25) is 11.8 Å². The SMILES string of the molecule is Cc1ccc(N(CC(=O)N(Cc2cccc(Br)c2)[C@H](Cc2ccccc2)C(=O)NC(C)C)S(=O)(=O)c2ccccc2)cc1. The Kier molecular flexibility index (Phi) is 10.8. The first-order chi connectivity index (χ1) is 20.5. The summed E-state index contributed by atoms with van der Waals surface area (Å²) >= 11 is 3.50. The van der Waals surface area contributed by atoms with Gasteiger partial charge >= 0.3 is 0 Å². The Morgan fingerprint density at radius 1 is 0.814 bits per heavy atom. The molecule has 224 valence electrons. The molecule has 0 spiro atoms. The smallest absolute Gasteiger partial charge is 0.264 e. The van der Waals surface area contributed by atoms with Crippen molar-refractivity contribution in [3.63, 3.8) is 0 Å². The molecule has 7 nitrogen and oxygen atoms in total. The van der Waals surface area contributed by atoms with E-state index in [1.807, 2.05) is 75.4 Å². The first-order valence-corrected chi connectivity index (χ1v) is 16.3. The van der Waals surface area contributed by atoms with Crippen LogP contribution in [0.15, 0.2) is 119 Å². The number of nitrogens with one attached hydrogen (secondary N) is 1. The zero-order valence-corrected chi connectivity index (χ0v) is 26.9. The second kappa shape index (κ2) is 14.5. The molecule has 0 aliphatic rings. The van der Waals surface area contributed by atoms with Crippen molar-refractivity contribution in [3.05, 3.63) is 130 Å². The predicted octanol–water partition coefficient (Wildman–Crippen LogP) is 6.12. The maximum atomic E-state index is 14.4. The zero-order valence-electron chi connectivity index (χ0n) is 24.5. The lowest BCUT2D eigenvalue weighted by atomic mass is 10.0. The molecule has 4 rings (SSSR count). The minimum atomic E-state index is -4.12. The molecule has 0 fully saturated rings. The summed E-state index contributed by atoms with van der Waals surface area (Å²) in [5.74, 6) is -0.810. The van der Waals surface area contributed by atoms with Crippen molar-refractivity contribution in [2.75, 3.05) is 10.8 Å². The van der Waals surface area contributed by atoms with Gasteiger partial charge in [-0.3, -0.25) is 13.9 Å². The first-order valence-electron chi connectivity index (χ1n) is 14.1. The summed E-state index contributed by atoms with van der Waals surface area (Å²) in [7, 11) is -4.12. The van der Waals surface area contributed by atoms with E-state index in [-0.39, 0.29) is 29.8 Å². The zero-order chi connectivity index (χ0) is 31.0. The Labute approximate surface area is 262 Å². The second-order valence-corrected chi connectivity index (χ2v) is 13.5. The molecule has 0 saturated carbocycles. The molecule has 4 aromatic rings. The highest BCUT2D eigenvalue weighted by molar-refractivity contribution is 9.10. The van der Waals surface area contributed by atoms with E-state index >= 15 is 0 Å². The Morgan fingerprint density at radius 3 is 2.02 bits per heavy atom. The molecule has 0 aliphatic carbocycles. The number of aryl methyl sites for hydroxylation is 1. The molecule has 0 saturated heterocycles. The van der Waals surface area contributed by atoms with E-state index in [1.165, 1.54) is 17.0 Å². The predicted molar refractivity (Wildman–Crippen MR) is 174 cm³/mol. The summed E-state index contributed by atoms with van der Waals surface area (Å²) in [6.07, 6.45) is 0.259. The van der Waals surface area contributed by atoms with Crippen molar-refractivity contribution in [3.8, 4) is 0 Å². The van der Waals surface area contributed by atoms with Crippen LogP contribution in [0, 0.1) is 6.92 Å². The summed E-state index contributed by atoms with van der Waals surface area (Å²) in [6, 6.07) is 31.0. The number of halogens is 1. The molecule has 0 unspecified atom stereocenters. The Bertz CT molecular complexity index is 1630. The number of amides is 2. The van der Waals surface area contributed by atoms with Crippen molar-refractivity contribution in [2.24, 2.45) is 0 Å². The standard InChI is InChI=1S/C34H36BrN3O4S/c1-25(2)36-34(40)32(22-27-11-6-4-7-12-27)37(23-28-13-10-14-29(35)21-28)33(39)24-38(30-19-17-26(3)18-20-30)43(41,42)31-15-8-5-9-16-31/h4-21,25,32H,22-24H2,1-3H3,(H,36,40)/t32-/m1/s1. The van der Waals surface area contributed by atoms with Crippen LogP contribution in [0.2, 0.25) is 0 Å². The van der Waals surface area contributed by atoms with Crippen LogP contribution < -0.4 is 9.62 Å². The molecule has 4 aromatic carbocycles.